The molecule has 0 aromatic heterocycles. The van der Waals surface area contributed by atoms with Crippen molar-refractivity contribution in [2.75, 3.05) is 13.7 Å². The molecule has 0 saturated heterocycles. The Morgan fingerprint density at radius 1 is 1.42 bits per heavy atom. The number of rotatable bonds is 4. The standard InChI is InChI=1S/C9H14O3/c1-3-4-5-6-7-8-12-9(10)11-2/h3-6H,7-8H2,1-2H3/b4-3+,6-5-. The molecule has 3 heteroatoms. The van der Waals surface area contributed by atoms with Crippen LogP contribution in [0.5, 0.6) is 0 Å². The molecule has 12 heavy (non-hydrogen) atoms. The number of allylic oxidation sites excluding steroid dienone is 3. The van der Waals surface area contributed by atoms with E-state index < -0.39 is 6.16 Å². The molecule has 68 valence electrons. The minimum atomic E-state index is -0.630. The highest BCUT2D eigenvalue weighted by Gasteiger charge is 1.96. The summed E-state index contributed by atoms with van der Waals surface area (Å²) in [4.78, 5) is 10.4. The molecule has 0 atom stereocenters. The molecule has 0 aromatic rings. The number of hydrogen-bond donors (Lipinski definition) is 0. The van der Waals surface area contributed by atoms with Crippen LogP contribution in [0.3, 0.4) is 0 Å². The normalized spacial score (nSPS) is 10.8. The van der Waals surface area contributed by atoms with E-state index in [1.165, 1.54) is 7.11 Å². The third kappa shape index (κ3) is 6.86. The van der Waals surface area contributed by atoms with Gasteiger partial charge in [0.05, 0.1) is 13.7 Å². The molecule has 0 spiro atoms. The van der Waals surface area contributed by atoms with Crippen LogP contribution in [0.2, 0.25) is 0 Å². The highest BCUT2D eigenvalue weighted by Crippen LogP contribution is 1.88. The van der Waals surface area contributed by atoms with Crippen LogP contribution < -0.4 is 0 Å². The molecular formula is C9H14O3. The van der Waals surface area contributed by atoms with Crippen LogP contribution in [0.25, 0.3) is 0 Å². The lowest BCUT2D eigenvalue weighted by atomic mass is 10.4. The molecular weight excluding hydrogens is 156 g/mol. The van der Waals surface area contributed by atoms with E-state index in [0.29, 0.717) is 13.0 Å². The van der Waals surface area contributed by atoms with Gasteiger partial charge >= 0.3 is 6.16 Å². The first-order valence-corrected chi connectivity index (χ1v) is 3.79. The summed E-state index contributed by atoms with van der Waals surface area (Å²) in [7, 11) is 1.29. The summed E-state index contributed by atoms with van der Waals surface area (Å²) >= 11 is 0. The van der Waals surface area contributed by atoms with E-state index in [1.807, 2.05) is 31.2 Å². The second kappa shape index (κ2) is 7.85. The van der Waals surface area contributed by atoms with Crippen molar-refractivity contribution in [1.82, 2.24) is 0 Å². The minimum absolute atomic E-state index is 0.362. The fourth-order valence-electron chi connectivity index (χ4n) is 0.555. The second-order valence-electron chi connectivity index (χ2n) is 2.05. The maximum Gasteiger partial charge on any atom is 0.507 e. The van der Waals surface area contributed by atoms with Gasteiger partial charge in [0.15, 0.2) is 0 Å². The van der Waals surface area contributed by atoms with Gasteiger partial charge in [-0.3, -0.25) is 0 Å². The Morgan fingerprint density at radius 3 is 2.75 bits per heavy atom. The summed E-state index contributed by atoms with van der Waals surface area (Å²) in [6.07, 6.45) is 7.74. The van der Waals surface area contributed by atoms with Crippen LogP contribution >= 0.6 is 0 Å². The van der Waals surface area contributed by atoms with E-state index in [2.05, 4.69) is 9.47 Å². The zero-order valence-electron chi connectivity index (χ0n) is 7.45. The van der Waals surface area contributed by atoms with Crippen molar-refractivity contribution < 1.29 is 14.3 Å². The third-order valence-corrected chi connectivity index (χ3v) is 1.11. The van der Waals surface area contributed by atoms with Crippen molar-refractivity contribution in [2.24, 2.45) is 0 Å². The van der Waals surface area contributed by atoms with Crippen LogP contribution in [-0.2, 0) is 9.47 Å². The highest BCUT2D eigenvalue weighted by atomic mass is 16.7. The number of carbonyl (C=O) groups is 1. The Hall–Kier alpha value is -1.25. The first-order chi connectivity index (χ1) is 5.81. The van der Waals surface area contributed by atoms with Crippen molar-refractivity contribution in [3.05, 3.63) is 24.3 Å². The van der Waals surface area contributed by atoms with E-state index in [4.69, 9.17) is 0 Å². The Morgan fingerprint density at radius 2 is 2.17 bits per heavy atom. The van der Waals surface area contributed by atoms with Gasteiger partial charge in [-0.25, -0.2) is 4.79 Å². The molecule has 0 amide bonds. The van der Waals surface area contributed by atoms with Gasteiger partial charge in [0.2, 0.25) is 0 Å². The van der Waals surface area contributed by atoms with Gasteiger partial charge < -0.3 is 9.47 Å². The largest absolute Gasteiger partial charge is 0.507 e. The molecule has 0 aliphatic carbocycles. The topological polar surface area (TPSA) is 35.5 Å². The molecule has 0 saturated carbocycles. The lowest BCUT2D eigenvalue weighted by Crippen LogP contribution is -2.04. The van der Waals surface area contributed by atoms with Crippen molar-refractivity contribution in [3.63, 3.8) is 0 Å². The Bertz CT molecular complexity index is 171. The third-order valence-electron chi connectivity index (χ3n) is 1.11. The maximum atomic E-state index is 10.4. The van der Waals surface area contributed by atoms with Crippen molar-refractivity contribution in [2.45, 2.75) is 13.3 Å². The van der Waals surface area contributed by atoms with E-state index in [0.717, 1.165) is 0 Å². The SMILES string of the molecule is C/C=C/C=C\CCOC(=O)OC. The molecule has 0 bridgehead atoms. The van der Waals surface area contributed by atoms with Crippen molar-refractivity contribution in [3.8, 4) is 0 Å². The fraction of sp³-hybridized carbons (Fsp3) is 0.444. The molecule has 0 heterocycles. The zero-order chi connectivity index (χ0) is 9.23. The van der Waals surface area contributed by atoms with Gasteiger partial charge in [-0.1, -0.05) is 24.3 Å². The van der Waals surface area contributed by atoms with Gasteiger partial charge in [0.25, 0.3) is 0 Å². The van der Waals surface area contributed by atoms with E-state index in [9.17, 15) is 4.79 Å². The van der Waals surface area contributed by atoms with Gasteiger partial charge in [-0.15, -0.1) is 0 Å². The second-order valence-corrected chi connectivity index (χ2v) is 2.05. The van der Waals surface area contributed by atoms with Crippen LogP contribution in [0.1, 0.15) is 13.3 Å². The zero-order valence-corrected chi connectivity index (χ0v) is 7.45. The summed E-state index contributed by atoms with van der Waals surface area (Å²) in [6, 6.07) is 0. The molecule has 0 fully saturated rings. The Balaban J connectivity index is 3.26. The number of carbonyl (C=O) groups excluding carboxylic acids is 1. The molecule has 3 nitrogen and oxygen atoms in total. The van der Waals surface area contributed by atoms with Gasteiger partial charge in [0.1, 0.15) is 0 Å². The molecule has 0 aliphatic heterocycles. The summed E-state index contributed by atoms with van der Waals surface area (Å²) in [5.41, 5.74) is 0. The molecule has 0 aliphatic rings. The van der Waals surface area contributed by atoms with Crippen LogP contribution in [0, 0.1) is 0 Å². The summed E-state index contributed by atoms with van der Waals surface area (Å²) in [5, 5.41) is 0. The first kappa shape index (κ1) is 10.8. The maximum absolute atomic E-state index is 10.4. The summed E-state index contributed by atoms with van der Waals surface area (Å²) in [6.45, 7) is 2.30. The Labute approximate surface area is 72.7 Å². The fourth-order valence-corrected chi connectivity index (χ4v) is 0.555. The smallest absolute Gasteiger partial charge is 0.438 e. The molecule has 0 rings (SSSR count). The van der Waals surface area contributed by atoms with E-state index >= 15 is 0 Å². The molecule has 0 unspecified atom stereocenters. The van der Waals surface area contributed by atoms with Crippen molar-refractivity contribution in [1.29, 1.82) is 0 Å². The number of ether oxygens (including phenoxy) is 2. The highest BCUT2D eigenvalue weighted by molar-refractivity contribution is 5.59. The number of hydrogen-bond acceptors (Lipinski definition) is 3. The average Bonchev–Trinajstić information content (AvgIpc) is 2.10. The monoisotopic (exact) mass is 170 g/mol. The summed E-state index contributed by atoms with van der Waals surface area (Å²) in [5.74, 6) is 0. The van der Waals surface area contributed by atoms with E-state index in [1.54, 1.807) is 0 Å². The van der Waals surface area contributed by atoms with Crippen LogP contribution in [-0.4, -0.2) is 19.9 Å². The lowest BCUT2D eigenvalue weighted by Gasteiger charge is -1.98. The summed E-state index contributed by atoms with van der Waals surface area (Å²) < 4.78 is 8.91. The minimum Gasteiger partial charge on any atom is -0.438 e. The van der Waals surface area contributed by atoms with Gasteiger partial charge in [0, 0.05) is 0 Å². The van der Waals surface area contributed by atoms with Crippen LogP contribution in [0.4, 0.5) is 4.79 Å². The van der Waals surface area contributed by atoms with E-state index in [-0.39, 0.29) is 0 Å². The van der Waals surface area contributed by atoms with Gasteiger partial charge in [-0.05, 0) is 13.3 Å². The molecule has 0 radical (unpaired) electrons. The lowest BCUT2D eigenvalue weighted by molar-refractivity contribution is 0.0741. The van der Waals surface area contributed by atoms with Crippen LogP contribution in [0.15, 0.2) is 24.3 Å². The predicted octanol–water partition coefficient (Wildman–Crippen LogP) is 2.29. The number of methoxy groups -OCH3 is 1. The Kier molecular flexibility index (Phi) is 7.03. The predicted molar refractivity (Wildman–Crippen MR) is 46.9 cm³/mol. The quantitative estimate of drug-likeness (QED) is 0.369. The van der Waals surface area contributed by atoms with Crippen molar-refractivity contribution >= 4 is 6.16 Å². The van der Waals surface area contributed by atoms with Gasteiger partial charge in [-0.2, -0.15) is 0 Å². The molecule has 0 aromatic carbocycles. The first-order valence-electron chi connectivity index (χ1n) is 3.79. The molecule has 0 N–H and O–H groups in total. The average molecular weight is 170 g/mol.